The third kappa shape index (κ3) is 5.44. The molecule has 0 aliphatic rings. The van der Waals surface area contributed by atoms with Crippen LogP contribution in [0.5, 0.6) is 5.75 Å². The molecule has 0 saturated carbocycles. The van der Waals surface area contributed by atoms with Gasteiger partial charge in [0.1, 0.15) is 11.3 Å². The van der Waals surface area contributed by atoms with E-state index in [1.807, 2.05) is 12.1 Å². The van der Waals surface area contributed by atoms with Gasteiger partial charge in [-0.1, -0.05) is 135 Å². The fourth-order valence-corrected chi connectivity index (χ4v) is 10.6. The first-order valence-electron chi connectivity index (χ1n) is 21.8. The third-order valence-electron chi connectivity index (χ3n) is 13.5. The van der Waals surface area contributed by atoms with Crippen molar-refractivity contribution in [2.45, 2.75) is 33.6 Å². The Bertz CT molecular complexity index is 3760. The van der Waals surface area contributed by atoms with E-state index in [0.29, 0.717) is 5.92 Å². The Morgan fingerprint density at radius 2 is 1.03 bits per heavy atom. The van der Waals surface area contributed by atoms with E-state index >= 15 is 0 Å². The molecule has 0 aliphatic heterocycles. The minimum Gasteiger partial charge on any atom is -0.496 e. The third-order valence-corrected chi connectivity index (χ3v) is 13.5. The first-order valence-corrected chi connectivity index (χ1v) is 21.8. The quantitative estimate of drug-likeness (QED) is 0.119. The number of ether oxygens (including phenoxy) is 1. The van der Waals surface area contributed by atoms with Gasteiger partial charge in [0.15, 0.2) is 12.0 Å². The molecule has 0 spiro atoms. The zero-order chi connectivity index (χ0) is 42.5. The van der Waals surface area contributed by atoms with E-state index in [2.05, 4.69) is 189 Å². The lowest BCUT2D eigenvalue weighted by Gasteiger charge is -2.30. The molecule has 4 heteroatoms. The van der Waals surface area contributed by atoms with Crippen molar-refractivity contribution in [1.82, 2.24) is 4.98 Å². The number of hydrogen-bond donors (Lipinski definition) is 0. The molecule has 0 bridgehead atoms. The van der Waals surface area contributed by atoms with Gasteiger partial charge in [-0.05, 0) is 133 Å². The van der Waals surface area contributed by atoms with Crippen LogP contribution >= 0.6 is 0 Å². The number of fused-ring (bicyclic) bond motifs is 6. The summed E-state index contributed by atoms with van der Waals surface area (Å²) in [6.07, 6.45) is 1.56. The highest BCUT2D eigenvalue weighted by atomic mass is 16.5. The summed E-state index contributed by atoms with van der Waals surface area (Å²) in [5.41, 5.74) is 13.3. The Balaban J connectivity index is 1.30. The van der Waals surface area contributed by atoms with Crippen LogP contribution in [0.15, 0.2) is 175 Å². The van der Waals surface area contributed by atoms with Crippen LogP contribution in [0, 0.1) is 13.8 Å². The largest absolute Gasteiger partial charge is 0.496 e. The van der Waals surface area contributed by atoms with Crippen LogP contribution in [0.2, 0.25) is 0 Å². The Hall–Kier alpha value is -7.69. The van der Waals surface area contributed by atoms with Gasteiger partial charge in [-0.2, -0.15) is 0 Å². The summed E-state index contributed by atoms with van der Waals surface area (Å²) in [7, 11) is 1.77. The van der Waals surface area contributed by atoms with Crippen LogP contribution in [0.1, 0.15) is 36.5 Å². The van der Waals surface area contributed by atoms with Gasteiger partial charge in [-0.3, -0.25) is 0 Å². The zero-order valence-corrected chi connectivity index (χ0v) is 36.0. The molecule has 12 rings (SSSR count). The molecule has 0 unspecified atom stereocenters. The molecule has 0 N–H and O–H groups in total. The number of oxazole rings is 1. The fraction of sp³-hybridized carbons (Fsp3) is 0.102. The molecule has 0 aliphatic carbocycles. The second-order valence-electron chi connectivity index (χ2n) is 17.3. The number of aromatic nitrogens is 1. The summed E-state index contributed by atoms with van der Waals surface area (Å²) in [6, 6.07) is 60.2. The number of aryl methyl sites for hydroxylation is 2. The van der Waals surface area contributed by atoms with E-state index < -0.39 is 0 Å². The molecule has 4 nitrogen and oxygen atoms in total. The highest BCUT2D eigenvalue weighted by Gasteiger charge is 2.26. The summed E-state index contributed by atoms with van der Waals surface area (Å²) in [5, 5.41) is 14.6. The lowest BCUT2D eigenvalue weighted by atomic mass is 9.81. The topological polar surface area (TPSA) is 38.5 Å². The maximum absolute atomic E-state index is 6.21. The first kappa shape index (κ1) is 37.1. The highest BCUT2D eigenvalue weighted by Crippen LogP contribution is 2.52. The lowest BCUT2D eigenvalue weighted by molar-refractivity contribution is 0.416. The summed E-state index contributed by atoms with van der Waals surface area (Å²) in [4.78, 5) is 7.07. The number of nitrogens with zero attached hydrogens (tertiary/aromatic N) is 2. The van der Waals surface area contributed by atoms with Crippen LogP contribution in [-0.2, 0) is 0 Å². The number of para-hydroxylation sites is 4. The van der Waals surface area contributed by atoms with Gasteiger partial charge in [0.25, 0.3) is 0 Å². The summed E-state index contributed by atoms with van der Waals surface area (Å²) in [5.74, 6) is 1.18. The molecule has 1 heterocycles. The van der Waals surface area contributed by atoms with E-state index in [9.17, 15) is 0 Å². The molecule has 12 aromatic rings. The molecule has 63 heavy (non-hydrogen) atoms. The SMILES string of the molecule is COc1ccccc1-c1c2ccccc2c(-c2cccc3ncoc23)c2cc3c(cc12)c1ccc(N(c2ccccc2C)c2ccccc2C)c2ccc4c(C(C)C)ccc3c4c21. The van der Waals surface area contributed by atoms with Crippen LogP contribution < -0.4 is 9.64 Å². The maximum Gasteiger partial charge on any atom is 0.182 e. The van der Waals surface area contributed by atoms with Gasteiger partial charge in [-0.15, -0.1) is 0 Å². The average molecular weight is 813 g/mol. The normalized spacial score (nSPS) is 12.0. The predicted molar refractivity (Wildman–Crippen MR) is 266 cm³/mol. The number of anilines is 3. The molecule has 0 radical (unpaired) electrons. The summed E-state index contributed by atoms with van der Waals surface area (Å²) < 4.78 is 12.3. The van der Waals surface area contributed by atoms with E-state index in [0.717, 1.165) is 66.3 Å². The number of hydrogen-bond acceptors (Lipinski definition) is 4. The molecule has 11 aromatic carbocycles. The van der Waals surface area contributed by atoms with E-state index in [-0.39, 0.29) is 0 Å². The second-order valence-corrected chi connectivity index (χ2v) is 17.3. The second kappa shape index (κ2) is 14.2. The highest BCUT2D eigenvalue weighted by molar-refractivity contribution is 6.38. The minimum absolute atomic E-state index is 0.348. The average Bonchev–Trinajstić information content (AvgIpc) is 3.81. The zero-order valence-electron chi connectivity index (χ0n) is 36.0. The van der Waals surface area contributed by atoms with E-state index in [1.54, 1.807) is 13.5 Å². The van der Waals surface area contributed by atoms with Crippen molar-refractivity contribution in [3.05, 3.63) is 187 Å². The van der Waals surface area contributed by atoms with Crippen LogP contribution in [0.25, 0.3) is 98.0 Å². The molecule has 0 fully saturated rings. The Labute approximate surface area is 365 Å². The number of methoxy groups -OCH3 is 1. The first-order chi connectivity index (χ1) is 30.9. The van der Waals surface area contributed by atoms with Crippen LogP contribution in [0.3, 0.4) is 0 Å². The van der Waals surface area contributed by atoms with Gasteiger partial charge in [0, 0.05) is 44.4 Å². The molecule has 1 aromatic heterocycles. The standard InChI is InChI=1S/C59H44N2O2/c1-34(2)37-25-26-41-46-32-49-48(55(44-19-10-13-24-54(44)62-5)38-17-8-9-18-39(38)56(49)45-20-14-21-50-59(45)63-33-60-50)31-47(46)42-29-30-53(43-28-27-40(37)57(41)58(42)43)61(51-22-11-6-15-35(51)3)52-23-12-7-16-36(52)4/h6-34H,1-5H3. The van der Waals surface area contributed by atoms with Gasteiger partial charge in [0.2, 0.25) is 0 Å². The van der Waals surface area contributed by atoms with Crippen LogP contribution in [0.4, 0.5) is 17.1 Å². The molecular formula is C59H44N2O2. The van der Waals surface area contributed by atoms with Crippen molar-refractivity contribution in [1.29, 1.82) is 0 Å². The summed E-state index contributed by atoms with van der Waals surface area (Å²) >= 11 is 0. The Morgan fingerprint density at radius 1 is 0.476 bits per heavy atom. The van der Waals surface area contributed by atoms with Crippen molar-refractivity contribution in [2.75, 3.05) is 12.0 Å². The number of rotatable bonds is 7. The van der Waals surface area contributed by atoms with Crippen molar-refractivity contribution < 1.29 is 9.15 Å². The minimum atomic E-state index is 0.348. The Morgan fingerprint density at radius 3 is 1.70 bits per heavy atom. The van der Waals surface area contributed by atoms with E-state index in [4.69, 9.17) is 9.15 Å². The van der Waals surface area contributed by atoms with Crippen molar-refractivity contribution in [2.24, 2.45) is 0 Å². The molecule has 0 amide bonds. The van der Waals surface area contributed by atoms with Crippen molar-refractivity contribution in [3.8, 4) is 28.0 Å². The molecule has 302 valence electrons. The fourth-order valence-electron chi connectivity index (χ4n) is 10.6. The number of benzene rings is 11. The smallest absolute Gasteiger partial charge is 0.182 e. The Kier molecular flexibility index (Phi) is 8.35. The van der Waals surface area contributed by atoms with Crippen molar-refractivity contribution >= 4 is 92.8 Å². The molecule has 0 saturated heterocycles. The van der Waals surface area contributed by atoms with Gasteiger partial charge in [-0.25, -0.2) is 4.98 Å². The monoisotopic (exact) mass is 812 g/mol. The van der Waals surface area contributed by atoms with Crippen molar-refractivity contribution in [3.63, 3.8) is 0 Å². The maximum atomic E-state index is 6.21. The van der Waals surface area contributed by atoms with Gasteiger partial charge < -0.3 is 14.1 Å². The van der Waals surface area contributed by atoms with Gasteiger partial charge >= 0.3 is 0 Å². The van der Waals surface area contributed by atoms with E-state index in [1.165, 1.54) is 71.2 Å². The molecule has 0 atom stereocenters. The van der Waals surface area contributed by atoms with Crippen LogP contribution in [-0.4, -0.2) is 12.1 Å². The van der Waals surface area contributed by atoms with Gasteiger partial charge in [0.05, 0.1) is 12.8 Å². The predicted octanol–water partition coefficient (Wildman–Crippen LogP) is 16.7. The summed E-state index contributed by atoms with van der Waals surface area (Å²) in [6.45, 7) is 9.04. The lowest BCUT2D eigenvalue weighted by Crippen LogP contribution is -2.13. The molecular weight excluding hydrogens is 769 g/mol.